The lowest BCUT2D eigenvalue weighted by Gasteiger charge is -2.05. The number of methoxy groups -OCH3 is 1. The van der Waals surface area contributed by atoms with E-state index in [2.05, 4.69) is 0 Å². The molecule has 0 heterocycles. The van der Waals surface area contributed by atoms with E-state index in [-0.39, 0.29) is 6.61 Å². The van der Waals surface area contributed by atoms with Crippen LogP contribution in [0.2, 0.25) is 0 Å². The van der Waals surface area contributed by atoms with Gasteiger partial charge in [-0.15, -0.1) is 0 Å². The van der Waals surface area contributed by atoms with Crippen molar-refractivity contribution in [3.63, 3.8) is 0 Å². The van der Waals surface area contributed by atoms with Crippen LogP contribution in [0.1, 0.15) is 15.9 Å². The minimum atomic E-state index is -0.549. The number of amides is 1. The molecule has 1 aromatic rings. The second kappa shape index (κ2) is 3.91. The van der Waals surface area contributed by atoms with Gasteiger partial charge in [-0.25, -0.2) is 0 Å². The van der Waals surface area contributed by atoms with E-state index >= 15 is 0 Å². The number of hydrogen-bond donors (Lipinski definition) is 2. The number of ether oxygens (including phenoxy) is 1. The van der Waals surface area contributed by atoms with E-state index in [1.807, 2.05) is 0 Å². The highest BCUT2D eigenvalue weighted by molar-refractivity contribution is 5.94. The Labute approximate surface area is 75.9 Å². The third-order valence-corrected chi connectivity index (χ3v) is 1.75. The lowest BCUT2D eigenvalue weighted by atomic mass is 10.1. The van der Waals surface area contributed by atoms with Gasteiger partial charge in [-0.1, -0.05) is 0 Å². The van der Waals surface area contributed by atoms with Gasteiger partial charge in [0.2, 0.25) is 5.91 Å². The molecular formula is C9H11NO3. The van der Waals surface area contributed by atoms with Crippen LogP contribution in [0.3, 0.4) is 0 Å². The minimum absolute atomic E-state index is 0.227. The number of aliphatic hydroxyl groups is 1. The maximum absolute atomic E-state index is 10.9. The van der Waals surface area contributed by atoms with E-state index in [1.54, 1.807) is 12.1 Å². The van der Waals surface area contributed by atoms with Crippen molar-refractivity contribution in [3.05, 3.63) is 29.3 Å². The molecule has 0 aliphatic heterocycles. The highest BCUT2D eigenvalue weighted by Crippen LogP contribution is 2.17. The van der Waals surface area contributed by atoms with Gasteiger partial charge in [-0.05, 0) is 23.8 Å². The van der Waals surface area contributed by atoms with Crippen LogP contribution in [0.4, 0.5) is 0 Å². The Morgan fingerprint density at radius 3 is 2.77 bits per heavy atom. The fraction of sp³-hybridized carbons (Fsp3) is 0.222. The van der Waals surface area contributed by atoms with E-state index in [1.165, 1.54) is 13.2 Å². The van der Waals surface area contributed by atoms with Gasteiger partial charge in [0.1, 0.15) is 5.75 Å². The van der Waals surface area contributed by atoms with Crippen molar-refractivity contribution < 1.29 is 14.6 Å². The number of carbonyl (C=O) groups excluding carboxylic acids is 1. The van der Waals surface area contributed by atoms with E-state index in [4.69, 9.17) is 15.6 Å². The number of benzene rings is 1. The van der Waals surface area contributed by atoms with Gasteiger partial charge in [-0.2, -0.15) is 0 Å². The average molecular weight is 181 g/mol. The molecule has 0 bridgehead atoms. The van der Waals surface area contributed by atoms with Crippen molar-refractivity contribution in [1.29, 1.82) is 0 Å². The van der Waals surface area contributed by atoms with Crippen molar-refractivity contribution in [2.45, 2.75) is 6.61 Å². The highest BCUT2D eigenvalue weighted by atomic mass is 16.5. The first-order chi connectivity index (χ1) is 6.19. The molecular weight excluding hydrogens is 170 g/mol. The van der Waals surface area contributed by atoms with Crippen LogP contribution in [-0.2, 0) is 6.61 Å². The van der Waals surface area contributed by atoms with Gasteiger partial charge >= 0.3 is 0 Å². The molecule has 0 aliphatic carbocycles. The largest absolute Gasteiger partial charge is 0.497 e. The van der Waals surface area contributed by atoms with Crippen LogP contribution in [0, 0.1) is 0 Å². The molecule has 0 fully saturated rings. The lowest BCUT2D eigenvalue weighted by molar-refractivity contribution is 0.0997. The second-order valence-corrected chi connectivity index (χ2v) is 2.55. The Bertz CT molecular complexity index is 323. The highest BCUT2D eigenvalue weighted by Gasteiger charge is 2.07. The summed E-state index contributed by atoms with van der Waals surface area (Å²) >= 11 is 0. The monoisotopic (exact) mass is 181 g/mol. The second-order valence-electron chi connectivity index (χ2n) is 2.55. The topological polar surface area (TPSA) is 72.5 Å². The summed E-state index contributed by atoms with van der Waals surface area (Å²) in [4.78, 5) is 10.9. The molecule has 70 valence electrons. The fourth-order valence-electron chi connectivity index (χ4n) is 1.07. The van der Waals surface area contributed by atoms with Crippen molar-refractivity contribution >= 4 is 5.91 Å². The predicted octanol–water partition coefficient (Wildman–Crippen LogP) is 0.286. The molecule has 1 amide bonds. The number of rotatable bonds is 3. The molecule has 0 spiro atoms. The van der Waals surface area contributed by atoms with Crippen LogP contribution < -0.4 is 10.5 Å². The number of aliphatic hydroxyl groups excluding tert-OH is 1. The zero-order valence-corrected chi connectivity index (χ0v) is 7.28. The molecule has 0 saturated heterocycles. The number of hydrogen-bond acceptors (Lipinski definition) is 3. The summed E-state index contributed by atoms with van der Waals surface area (Å²) in [6.07, 6.45) is 0. The van der Waals surface area contributed by atoms with E-state index in [9.17, 15) is 4.79 Å². The van der Waals surface area contributed by atoms with Gasteiger partial charge in [-0.3, -0.25) is 4.79 Å². The zero-order chi connectivity index (χ0) is 9.84. The third-order valence-electron chi connectivity index (χ3n) is 1.75. The predicted molar refractivity (Wildman–Crippen MR) is 47.4 cm³/mol. The Morgan fingerprint density at radius 1 is 1.62 bits per heavy atom. The van der Waals surface area contributed by atoms with Crippen LogP contribution in [-0.4, -0.2) is 18.1 Å². The number of nitrogens with two attached hydrogens (primary N) is 1. The molecule has 4 heteroatoms. The normalized spacial score (nSPS) is 9.69. The van der Waals surface area contributed by atoms with Crippen molar-refractivity contribution in [3.8, 4) is 5.75 Å². The molecule has 0 aliphatic rings. The molecule has 0 aromatic heterocycles. The van der Waals surface area contributed by atoms with Gasteiger partial charge in [0.25, 0.3) is 0 Å². The zero-order valence-electron chi connectivity index (χ0n) is 7.28. The lowest BCUT2D eigenvalue weighted by Crippen LogP contribution is -2.13. The van der Waals surface area contributed by atoms with Crippen LogP contribution in [0.15, 0.2) is 18.2 Å². The van der Waals surface area contributed by atoms with E-state index in [0.29, 0.717) is 16.9 Å². The molecule has 1 aromatic carbocycles. The van der Waals surface area contributed by atoms with Crippen molar-refractivity contribution in [2.75, 3.05) is 7.11 Å². The quantitative estimate of drug-likeness (QED) is 0.703. The summed E-state index contributed by atoms with van der Waals surface area (Å²) in [5.41, 5.74) is 5.89. The Morgan fingerprint density at radius 2 is 2.31 bits per heavy atom. The van der Waals surface area contributed by atoms with Gasteiger partial charge in [0, 0.05) is 5.56 Å². The van der Waals surface area contributed by atoms with Crippen LogP contribution in [0.5, 0.6) is 5.75 Å². The summed E-state index contributed by atoms with van der Waals surface area (Å²) in [5, 5.41) is 8.92. The molecule has 0 saturated carbocycles. The maximum atomic E-state index is 10.9. The molecule has 0 radical (unpaired) electrons. The number of carbonyl (C=O) groups is 1. The SMILES string of the molecule is COc1ccc(C(N)=O)c(CO)c1. The Kier molecular flexibility index (Phi) is 2.87. The van der Waals surface area contributed by atoms with Crippen molar-refractivity contribution in [1.82, 2.24) is 0 Å². The Balaban J connectivity index is 3.15. The third kappa shape index (κ3) is 1.97. The molecule has 13 heavy (non-hydrogen) atoms. The van der Waals surface area contributed by atoms with Crippen LogP contribution >= 0.6 is 0 Å². The maximum Gasteiger partial charge on any atom is 0.249 e. The summed E-state index contributed by atoms with van der Waals surface area (Å²) in [6, 6.07) is 4.74. The summed E-state index contributed by atoms with van der Waals surface area (Å²) in [6.45, 7) is -0.227. The van der Waals surface area contributed by atoms with Gasteiger partial charge in [0.05, 0.1) is 13.7 Å². The van der Waals surface area contributed by atoms with Crippen molar-refractivity contribution in [2.24, 2.45) is 5.73 Å². The molecule has 3 N–H and O–H groups in total. The first-order valence-corrected chi connectivity index (χ1v) is 3.76. The smallest absolute Gasteiger partial charge is 0.249 e. The first kappa shape index (κ1) is 9.54. The van der Waals surface area contributed by atoms with Gasteiger partial charge in [0.15, 0.2) is 0 Å². The average Bonchev–Trinajstić information content (AvgIpc) is 2.16. The van der Waals surface area contributed by atoms with Gasteiger partial charge < -0.3 is 15.6 Å². The standard InChI is InChI=1S/C9H11NO3/c1-13-7-2-3-8(9(10)12)6(4-7)5-11/h2-4,11H,5H2,1H3,(H2,10,12). The number of primary amides is 1. The molecule has 0 atom stereocenters. The van der Waals surface area contributed by atoms with Crippen LogP contribution in [0.25, 0.3) is 0 Å². The Hall–Kier alpha value is -1.55. The summed E-state index contributed by atoms with van der Waals surface area (Å²) < 4.78 is 4.93. The van der Waals surface area contributed by atoms with E-state index in [0.717, 1.165) is 0 Å². The molecule has 1 rings (SSSR count). The van der Waals surface area contributed by atoms with E-state index < -0.39 is 5.91 Å². The minimum Gasteiger partial charge on any atom is -0.497 e. The first-order valence-electron chi connectivity index (χ1n) is 3.76. The molecule has 0 unspecified atom stereocenters. The summed E-state index contributed by atoms with van der Waals surface area (Å²) in [7, 11) is 1.51. The summed E-state index contributed by atoms with van der Waals surface area (Å²) in [5.74, 6) is 0.0424. The fourth-order valence-corrected chi connectivity index (χ4v) is 1.07. The molecule has 4 nitrogen and oxygen atoms in total.